The zero-order valence-corrected chi connectivity index (χ0v) is 9.66. The maximum Gasteiger partial charge on any atom is 0.166 e. The molecule has 4 heteroatoms. The quantitative estimate of drug-likeness (QED) is 0.601. The Morgan fingerprint density at radius 2 is 2.00 bits per heavy atom. The van der Waals surface area contributed by atoms with Crippen LogP contribution < -0.4 is 10.6 Å². The Morgan fingerprint density at radius 1 is 1.46 bits per heavy atom. The largest absolute Gasteiger partial charge is 0.393 e. The third kappa shape index (κ3) is 9.56. The zero-order valence-electron chi connectivity index (χ0n) is 8.85. The lowest BCUT2D eigenvalue weighted by atomic mass is 10.1. The molecule has 3 N–H and O–H groups in total. The fourth-order valence-corrected chi connectivity index (χ4v) is 1.19. The lowest BCUT2D eigenvalue weighted by Crippen LogP contribution is -2.46. The van der Waals surface area contributed by atoms with Crippen molar-refractivity contribution in [2.45, 2.75) is 45.8 Å². The number of thiocarbonyl (C=S) groups is 1. The summed E-state index contributed by atoms with van der Waals surface area (Å²) in [7, 11) is 0. The second kappa shape index (κ2) is 5.40. The summed E-state index contributed by atoms with van der Waals surface area (Å²) >= 11 is 5.05. The number of aliphatic hydroxyl groups is 1. The van der Waals surface area contributed by atoms with Crippen LogP contribution in [0.4, 0.5) is 0 Å². The summed E-state index contributed by atoms with van der Waals surface area (Å²) in [6, 6.07) is 0. The third-order valence-corrected chi connectivity index (χ3v) is 1.58. The Morgan fingerprint density at radius 3 is 2.38 bits per heavy atom. The fraction of sp³-hybridized carbons (Fsp3) is 0.889. The average molecular weight is 204 g/mol. The van der Waals surface area contributed by atoms with Crippen molar-refractivity contribution in [2.24, 2.45) is 0 Å². The van der Waals surface area contributed by atoms with E-state index in [4.69, 9.17) is 17.3 Å². The van der Waals surface area contributed by atoms with Gasteiger partial charge in [0.05, 0.1) is 6.10 Å². The van der Waals surface area contributed by atoms with Crippen LogP contribution in [-0.4, -0.2) is 28.4 Å². The molecule has 0 spiro atoms. The standard InChI is InChI=1S/C9H20N2OS/c1-7(12)5-6-10-8(13)11-9(2,3)4/h7,12H,5-6H2,1-4H3,(H2,10,11,13). The van der Waals surface area contributed by atoms with E-state index in [0.717, 1.165) is 0 Å². The van der Waals surface area contributed by atoms with Gasteiger partial charge in [0.2, 0.25) is 0 Å². The summed E-state index contributed by atoms with van der Waals surface area (Å²) in [5.74, 6) is 0. The van der Waals surface area contributed by atoms with Gasteiger partial charge < -0.3 is 15.7 Å². The molecule has 0 amide bonds. The summed E-state index contributed by atoms with van der Waals surface area (Å²) in [4.78, 5) is 0. The molecule has 13 heavy (non-hydrogen) atoms. The van der Waals surface area contributed by atoms with Crippen molar-refractivity contribution in [3.8, 4) is 0 Å². The van der Waals surface area contributed by atoms with Crippen LogP contribution in [0.3, 0.4) is 0 Å². The lowest BCUT2D eigenvalue weighted by Gasteiger charge is -2.23. The molecule has 0 aromatic heterocycles. The summed E-state index contributed by atoms with van der Waals surface area (Å²) in [5, 5.41) is 15.8. The molecule has 1 atom stereocenters. The maximum atomic E-state index is 8.99. The van der Waals surface area contributed by atoms with E-state index >= 15 is 0 Å². The molecule has 0 heterocycles. The van der Waals surface area contributed by atoms with Crippen LogP contribution >= 0.6 is 12.2 Å². The van der Waals surface area contributed by atoms with Crippen molar-refractivity contribution >= 4 is 17.3 Å². The van der Waals surface area contributed by atoms with Gasteiger partial charge in [-0.05, 0) is 46.3 Å². The number of hydrogen-bond donors (Lipinski definition) is 3. The second-order valence-corrected chi connectivity index (χ2v) is 4.68. The smallest absolute Gasteiger partial charge is 0.166 e. The summed E-state index contributed by atoms with van der Waals surface area (Å²) < 4.78 is 0. The minimum absolute atomic E-state index is 0.00505. The monoisotopic (exact) mass is 204 g/mol. The average Bonchev–Trinajstić information content (AvgIpc) is 1.81. The van der Waals surface area contributed by atoms with Gasteiger partial charge >= 0.3 is 0 Å². The maximum absolute atomic E-state index is 8.99. The van der Waals surface area contributed by atoms with Crippen LogP contribution in [0.25, 0.3) is 0 Å². The molecule has 0 saturated heterocycles. The Hall–Kier alpha value is -0.350. The SMILES string of the molecule is CC(O)CCNC(=S)NC(C)(C)C. The molecule has 0 saturated carbocycles. The molecule has 0 radical (unpaired) electrons. The number of aliphatic hydroxyl groups excluding tert-OH is 1. The Labute approximate surface area is 85.9 Å². The number of hydrogen-bond acceptors (Lipinski definition) is 2. The van der Waals surface area contributed by atoms with E-state index in [-0.39, 0.29) is 11.6 Å². The van der Waals surface area contributed by atoms with E-state index in [2.05, 4.69) is 31.4 Å². The van der Waals surface area contributed by atoms with E-state index in [9.17, 15) is 0 Å². The van der Waals surface area contributed by atoms with Gasteiger partial charge in [-0.25, -0.2) is 0 Å². The third-order valence-electron chi connectivity index (χ3n) is 1.34. The van der Waals surface area contributed by atoms with E-state index in [0.29, 0.717) is 18.1 Å². The summed E-state index contributed by atoms with van der Waals surface area (Å²) in [5.41, 5.74) is -0.00505. The Balaban J connectivity index is 3.53. The molecule has 0 fully saturated rings. The van der Waals surface area contributed by atoms with Gasteiger partial charge in [-0.3, -0.25) is 0 Å². The number of nitrogens with one attached hydrogen (secondary N) is 2. The van der Waals surface area contributed by atoms with Crippen molar-refractivity contribution in [3.05, 3.63) is 0 Å². The van der Waals surface area contributed by atoms with Gasteiger partial charge in [-0.15, -0.1) is 0 Å². The minimum atomic E-state index is -0.273. The van der Waals surface area contributed by atoms with Gasteiger partial charge in [0, 0.05) is 12.1 Å². The van der Waals surface area contributed by atoms with E-state index in [1.807, 2.05) is 0 Å². The first-order valence-corrected chi connectivity index (χ1v) is 4.96. The van der Waals surface area contributed by atoms with Crippen molar-refractivity contribution in [1.29, 1.82) is 0 Å². The topological polar surface area (TPSA) is 44.3 Å². The van der Waals surface area contributed by atoms with Gasteiger partial charge in [0.15, 0.2) is 5.11 Å². The molecule has 0 aliphatic rings. The van der Waals surface area contributed by atoms with Crippen LogP contribution in [-0.2, 0) is 0 Å². The molecular formula is C9H20N2OS. The molecule has 0 aliphatic carbocycles. The van der Waals surface area contributed by atoms with Gasteiger partial charge in [-0.1, -0.05) is 0 Å². The molecule has 0 aromatic carbocycles. The summed E-state index contributed by atoms with van der Waals surface area (Å²) in [6.45, 7) is 8.63. The van der Waals surface area contributed by atoms with Crippen LogP contribution in [0.15, 0.2) is 0 Å². The summed E-state index contributed by atoms with van der Waals surface area (Å²) in [6.07, 6.45) is 0.441. The first kappa shape index (κ1) is 12.7. The normalized spacial score (nSPS) is 13.6. The lowest BCUT2D eigenvalue weighted by molar-refractivity contribution is 0.185. The van der Waals surface area contributed by atoms with Crippen LogP contribution in [0.5, 0.6) is 0 Å². The van der Waals surface area contributed by atoms with Crippen LogP contribution in [0.2, 0.25) is 0 Å². The molecule has 0 aromatic rings. The van der Waals surface area contributed by atoms with Crippen molar-refractivity contribution in [3.63, 3.8) is 0 Å². The van der Waals surface area contributed by atoms with E-state index in [1.165, 1.54) is 0 Å². The highest BCUT2D eigenvalue weighted by molar-refractivity contribution is 7.80. The highest BCUT2D eigenvalue weighted by Crippen LogP contribution is 1.97. The Bertz CT molecular complexity index is 163. The highest BCUT2D eigenvalue weighted by atomic mass is 32.1. The van der Waals surface area contributed by atoms with E-state index < -0.39 is 0 Å². The predicted molar refractivity (Wildman–Crippen MR) is 59.8 cm³/mol. The minimum Gasteiger partial charge on any atom is -0.393 e. The molecular weight excluding hydrogens is 184 g/mol. The van der Waals surface area contributed by atoms with Crippen molar-refractivity contribution < 1.29 is 5.11 Å². The molecule has 0 aliphatic heterocycles. The van der Waals surface area contributed by atoms with E-state index in [1.54, 1.807) is 6.92 Å². The molecule has 0 rings (SSSR count). The van der Waals surface area contributed by atoms with Gasteiger partial charge in [0.25, 0.3) is 0 Å². The number of rotatable bonds is 3. The van der Waals surface area contributed by atoms with Gasteiger partial charge in [0.1, 0.15) is 0 Å². The van der Waals surface area contributed by atoms with Crippen LogP contribution in [0.1, 0.15) is 34.1 Å². The molecule has 0 bridgehead atoms. The fourth-order valence-electron chi connectivity index (χ4n) is 0.779. The molecule has 3 nitrogen and oxygen atoms in total. The molecule has 1 unspecified atom stereocenters. The highest BCUT2D eigenvalue weighted by Gasteiger charge is 2.10. The van der Waals surface area contributed by atoms with Gasteiger partial charge in [-0.2, -0.15) is 0 Å². The van der Waals surface area contributed by atoms with Crippen molar-refractivity contribution in [1.82, 2.24) is 10.6 Å². The zero-order chi connectivity index (χ0) is 10.5. The first-order chi connectivity index (χ1) is 5.81. The van der Waals surface area contributed by atoms with Crippen molar-refractivity contribution in [2.75, 3.05) is 6.54 Å². The predicted octanol–water partition coefficient (Wildman–Crippen LogP) is 1.02. The Kier molecular flexibility index (Phi) is 5.25. The molecule has 78 valence electrons. The second-order valence-electron chi connectivity index (χ2n) is 4.27. The van der Waals surface area contributed by atoms with Crippen LogP contribution in [0, 0.1) is 0 Å². The first-order valence-electron chi connectivity index (χ1n) is 4.55.